The highest BCUT2D eigenvalue weighted by molar-refractivity contribution is 7.80. The lowest BCUT2D eigenvalue weighted by molar-refractivity contribution is -0.128. The Labute approximate surface area is 211 Å². The van der Waals surface area contributed by atoms with E-state index in [-0.39, 0.29) is 11.3 Å². The second kappa shape index (κ2) is 13.1. The molecule has 2 heterocycles. The first kappa shape index (κ1) is 26.5. The predicted molar refractivity (Wildman–Crippen MR) is 144 cm³/mol. The zero-order valence-electron chi connectivity index (χ0n) is 21.2. The molecule has 0 saturated carbocycles. The van der Waals surface area contributed by atoms with E-state index in [9.17, 15) is 4.79 Å². The molecule has 2 aliphatic heterocycles. The first-order valence-electron chi connectivity index (χ1n) is 12.9. The summed E-state index contributed by atoms with van der Waals surface area (Å²) in [6.45, 7) is 14.9. The van der Waals surface area contributed by atoms with Crippen LogP contribution < -0.4 is 10.1 Å². The highest BCUT2D eigenvalue weighted by atomic mass is 32.1. The summed E-state index contributed by atoms with van der Waals surface area (Å²) in [6, 6.07) is 7.84. The van der Waals surface area contributed by atoms with Gasteiger partial charge in [-0.25, -0.2) is 0 Å². The number of nitrogens with zero attached hydrogens (tertiary/aromatic N) is 3. The Morgan fingerprint density at radius 1 is 1.12 bits per heavy atom. The van der Waals surface area contributed by atoms with Crippen molar-refractivity contribution >= 4 is 29.3 Å². The zero-order chi connectivity index (χ0) is 24.4. The van der Waals surface area contributed by atoms with Crippen molar-refractivity contribution in [1.29, 1.82) is 0 Å². The number of rotatable bonds is 10. The minimum absolute atomic E-state index is 0.0846. The van der Waals surface area contributed by atoms with Gasteiger partial charge in [-0.1, -0.05) is 32.0 Å². The van der Waals surface area contributed by atoms with E-state index in [0.717, 1.165) is 94.5 Å². The fourth-order valence-electron chi connectivity index (χ4n) is 5.04. The van der Waals surface area contributed by atoms with Crippen molar-refractivity contribution in [3.63, 3.8) is 0 Å². The van der Waals surface area contributed by atoms with E-state index in [1.54, 1.807) is 6.08 Å². The van der Waals surface area contributed by atoms with Gasteiger partial charge in [-0.3, -0.25) is 4.79 Å². The highest BCUT2D eigenvalue weighted by Crippen LogP contribution is 2.40. The molecule has 2 fully saturated rings. The molecule has 0 unspecified atom stereocenters. The molecule has 188 valence electrons. The number of hydrogen-bond acceptors (Lipinski definition) is 4. The molecule has 1 aromatic carbocycles. The maximum absolute atomic E-state index is 12.8. The van der Waals surface area contributed by atoms with Gasteiger partial charge in [0.05, 0.1) is 6.61 Å². The Kier molecular flexibility index (Phi) is 10.2. The lowest BCUT2D eigenvalue weighted by Crippen LogP contribution is -2.45. The number of amides is 1. The predicted octanol–water partition coefficient (Wildman–Crippen LogP) is 4.02. The van der Waals surface area contributed by atoms with E-state index in [2.05, 4.69) is 29.0 Å². The van der Waals surface area contributed by atoms with Crippen molar-refractivity contribution in [2.24, 2.45) is 5.41 Å². The number of piperidine rings is 1. The van der Waals surface area contributed by atoms with Crippen LogP contribution in [0.1, 0.15) is 52.0 Å². The smallest absolute Gasteiger partial charge is 0.246 e. The van der Waals surface area contributed by atoms with Gasteiger partial charge in [0.25, 0.3) is 0 Å². The molecule has 6 nitrogen and oxygen atoms in total. The molecule has 1 amide bonds. The molecule has 2 aliphatic rings. The van der Waals surface area contributed by atoms with E-state index in [1.807, 2.05) is 42.2 Å². The third-order valence-electron chi connectivity index (χ3n) is 7.31. The van der Waals surface area contributed by atoms with Gasteiger partial charge in [0.1, 0.15) is 5.75 Å². The third-order valence-corrected chi connectivity index (χ3v) is 7.71. The molecule has 1 N–H and O–H groups in total. The summed E-state index contributed by atoms with van der Waals surface area (Å²) in [5.74, 6) is 0.900. The molecular weight excluding hydrogens is 444 g/mol. The summed E-state index contributed by atoms with van der Waals surface area (Å²) in [5, 5.41) is 4.36. The molecular formula is C27H42N4O2S. The van der Waals surface area contributed by atoms with Crippen LogP contribution in [0.15, 0.2) is 30.3 Å². The van der Waals surface area contributed by atoms with Crippen molar-refractivity contribution < 1.29 is 9.53 Å². The normalized spacial score (nSPS) is 17.6. The average Bonchev–Trinajstić information content (AvgIpc) is 3.27. The quantitative estimate of drug-likeness (QED) is 0.306. The highest BCUT2D eigenvalue weighted by Gasteiger charge is 2.41. The summed E-state index contributed by atoms with van der Waals surface area (Å²) in [7, 11) is 0. The maximum atomic E-state index is 12.8. The summed E-state index contributed by atoms with van der Waals surface area (Å²) < 4.78 is 5.66. The average molecular weight is 487 g/mol. The van der Waals surface area contributed by atoms with Crippen LogP contribution in [0.2, 0.25) is 0 Å². The van der Waals surface area contributed by atoms with Crippen LogP contribution in [0.3, 0.4) is 0 Å². The lowest BCUT2D eigenvalue weighted by Gasteiger charge is -2.39. The standard InChI is InChI=1S/C27H42N4O2S/c1-4-29(5-2)18-9-17-28-26(34)31-21-16-27(22-31)14-19-30(20-15-27)25(32)13-12-23-10-7-8-11-24(23)33-6-3/h7-8,10-13H,4-6,9,14-22H2,1-3H3,(H,28,34)/b13-12+. The van der Waals surface area contributed by atoms with Gasteiger partial charge >= 0.3 is 0 Å². The number of para-hydroxylation sites is 1. The van der Waals surface area contributed by atoms with Crippen molar-refractivity contribution in [1.82, 2.24) is 20.0 Å². The maximum Gasteiger partial charge on any atom is 0.246 e. The van der Waals surface area contributed by atoms with Crippen LogP contribution in [0.25, 0.3) is 6.08 Å². The van der Waals surface area contributed by atoms with E-state index >= 15 is 0 Å². The minimum atomic E-state index is 0.0846. The molecule has 0 atom stereocenters. The number of carbonyl (C=O) groups is 1. The van der Waals surface area contributed by atoms with Gasteiger partial charge in [0.15, 0.2) is 5.11 Å². The first-order valence-corrected chi connectivity index (χ1v) is 13.3. The second-order valence-electron chi connectivity index (χ2n) is 9.41. The number of hydrogen-bond donors (Lipinski definition) is 1. The molecule has 0 aliphatic carbocycles. The number of benzene rings is 1. The molecule has 0 aromatic heterocycles. The molecule has 0 radical (unpaired) electrons. The molecule has 34 heavy (non-hydrogen) atoms. The van der Waals surface area contributed by atoms with E-state index in [4.69, 9.17) is 17.0 Å². The SMILES string of the molecule is CCOc1ccccc1/C=C/C(=O)N1CCC2(CC1)CCN(C(=S)NCCCN(CC)CC)C2. The van der Waals surface area contributed by atoms with Crippen LogP contribution in [-0.2, 0) is 4.79 Å². The number of carbonyl (C=O) groups excluding carboxylic acids is 1. The molecule has 1 aromatic rings. The van der Waals surface area contributed by atoms with Crippen LogP contribution in [-0.4, -0.2) is 84.7 Å². The molecule has 3 rings (SSSR count). The molecule has 1 spiro atoms. The van der Waals surface area contributed by atoms with Crippen LogP contribution >= 0.6 is 12.2 Å². The fourth-order valence-corrected chi connectivity index (χ4v) is 5.30. The van der Waals surface area contributed by atoms with Gasteiger partial charge in [0, 0.05) is 44.4 Å². The van der Waals surface area contributed by atoms with E-state index < -0.39 is 0 Å². The number of nitrogens with one attached hydrogen (secondary N) is 1. The number of thiocarbonyl (C=S) groups is 1. The summed E-state index contributed by atoms with van der Waals surface area (Å²) in [5.41, 5.74) is 1.23. The van der Waals surface area contributed by atoms with Crippen molar-refractivity contribution in [3.05, 3.63) is 35.9 Å². The first-order chi connectivity index (χ1) is 16.5. The summed E-state index contributed by atoms with van der Waals surface area (Å²) in [6.07, 6.45) is 7.92. The van der Waals surface area contributed by atoms with Gasteiger partial charge in [-0.2, -0.15) is 0 Å². The van der Waals surface area contributed by atoms with Crippen LogP contribution in [0, 0.1) is 5.41 Å². The summed E-state index contributed by atoms with van der Waals surface area (Å²) in [4.78, 5) is 19.6. The number of likely N-dealkylation sites (tertiary alicyclic amines) is 2. The van der Waals surface area contributed by atoms with Gasteiger partial charge in [0.2, 0.25) is 5.91 Å². The van der Waals surface area contributed by atoms with E-state index in [0.29, 0.717) is 6.61 Å². The topological polar surface area (TPSA) is 48.1 Å². The van der Waals surface area contributed by atoms with Gasteiger partial charge in [-0.05, 0) is 82.0 Å². The van der Waals surface area contributed by atoms with Crippen molar-refractivity contribution in [2.45, 2.75) is 46.5 Å². The van der Waals surface area contributed by atoms with Crippen molar-refractivity contribution in [3.8, 4) is 5.75 Å². The Balaban J connectivity index is 1.43. The third kappa shape index (κ3) is 7.19. The Bertz CT molecular complexity index is 832. The molecule has 0 bridgehead atoms. The second-order valence-corrected chi connectivity index (χ2v) is 9.80. The Hall–Kier alpha value is -2.12. The lowest BCUT2D eigenvalue weighted by atomic mass is 9.78. The van der Waals surface area contributed by atoms with Crippen LogP contribution in [0.4, 0.5) is 0 Å². The molecule has 2 saturated heterocycles. The number of ether oxygens (including phenoxy) is 1. The Morgan fingerprint density at radius 2 is 1.79 bits per heavy atom. The van der Waals surface area contributed by atoms with Gasteiger partial charge in [-0.15, -0.1) is 0 Å². The summed E-state index contributed by atoms with van der Waals surface area (Å²) >= 11 is 5.69. The molecule has 7 heteroatoms. The largest absolute Gasteiger partial charge is 0.493 e. The van der Waals surface area contributed by atoms with Gasteiger partial charge < -0.3 is 24.8 Å². The van der Waals surface area contributed by atoms with E-state index in [1.165, 1.54) is 0 Å². The van der Waals surface area contributed by atoms with Crippen molar-refractivity contribution in [2.75, 3.05) is 59.0 Å². The zero-order valence-corrected chi connectivity index (χ0v) is 22.0. The monoisotopic (exact) mass is 486 g/mol. The minimum Gasteiger partial charge on any atom is -0.493 e. The fraction of sp³-hybridized carbons (Fsp3) is 0.630. The van der Waals surface area contributed by atoms with Crippen LogP contribution in [0.5, 0.6) is 5.75 Å². The Morgan fingerprint density at radius 3 is 2.47 bits per heavy atom.